The molecule has 0 aliphatic heterocycles. The Morgan fingerprint density at radius 2 is 2.29 bits per heavy atom. The fourth-order valence-corrected chi connectivity index (χ4v) is 1.74. The van der Waals surface area contributed by atoms with Crippen LogP contribution in [-0.2, 0) is 0 Å². The van der Waals surface area contributed by atoms with E-state index in [1.54, 1.807) is 12.1 Å². The van der Waals surface area contributed by atoms with Crippen LogP contribution in [-0.4, -0.2) is 0 Å². The first kappa shape index (κ1) is 11.4. The van der Waals surface area contributed by atoms with Gasteiger partial charge in [0.15, 0.2) is 0 Å². The molecule has 14 heavy (non-hydrogen) atoms. The Hall–Kier alpha value is -0.640. The van der Waals surface area contributed by atoms with Gasteiger partial charge in [0.05, 0.1) is 6.04 Å². The third-order valence-electron chi connectivity index (χ3n) is 2.13. The Balaban J connectivity index is 3.02. The summed E-state index contributed by atoms with van der Waals surface area (Å²) < 4.78 is 13.4. The quantitative estimate of drug-likeness (QED) is 0.600. The second-order valence-electron chi connectivity index (χ2n) is 3.14. The molecule has 0 saturated carbocycles. The Morgan fingerprint density at radius 1 is 1.57 bits per heavy atom. The number of hydrogen-bond donors (Lipinski definition) is 2. The number of rotatable bonds is 4. The fraction of sp³-hybridized carbons (Fsp3) is 0.400. The average Bonchev–Trinajstić information content (AvgIpc) is 2.16. The molecule has 2 nitrogen and oxygen atoms in total. The molecule has 0 fully saturated rings. The van der Waals surface area contributed by atoms with Crippen LogP contribution in [0, 0.1) is 5.82 Å². The largest absolute Gasteiger partial charge is 0.271 e. The average molecular weight is 217 g/mol. The summed E-state index contributed by atoms with van der Waals surface area (Å²) in [5, 5.41) is 0.418. The van der Waals surface area contributed by atoms with Gasteiger partial charge >= 0.3 is 0 Å². The molecule has 0 radical (unpaired) electrons. The Labute approximate surface area is 88.2 Å². The van der Waals surface area contributed by atoms with E-state index in [2.05, 4.69) is 5.43 Å². The number of hydrazine groups is 1. The predicted molar refractivity (Wildman–Crippen MR) is 56.4 cm³/mol. The molecule has 0 amide bonds. The van der Waals surface area contributed by atoms with Crippen molar-refractivity contribution in [2.75, 3.05) is 0 Å². The first-order valence-corrected chi connectivity index (χ1v) is 4.98. The lowest BCUT2D eigenvalue weighted by Gasteiger charge is -2.17. The van der Waals surface area contributed by atoms with Crippen LogP contribution in [0.25, 0.3) is 0 Å². The van der Waals surface area contributed by atoms with E-state index in [4.69, 9.17) is 17.4 Å². The molecule has 0 aliphatic rings. The minimum absolute atomic E-state index is 0.214. The van der Waals surface area contributed by atoms with Crippen LogP contribution in [0.3, 0.4) is 0 Å². The van der Waals surface area contributed by atoms with Gasteiger partial charge < -0.3 is 0 Å². The summed E-state index contributed by atoms with van der Waals surface area (Å²) in [4.78, 5) is 0. The predicted octanol–water partition coefficient (Wildman–Crippen LogP) is 2.78. The van der Waals surface area contributed by atoms with Crippen molar-refractivity contribution >= 4 is 11.6 Å². The molecule has 0 spiro atoms. The third-order valence-corrected chi connectivity index (χ3v) is 2.46. The van der Waals surface area contributed by atoms with Crippen LogP contribution >= 0.6 is 11.6 Å². The number of benzene rings is 1. The molecule has 0 bridgehead atoms. The van der Waals surface area contributed by atoms with Crippen molar-refractivity contribution in [3.63, 3.8) is 0 Å². The van der Waals surface area contributed by atoms with Gasteiger partial charge in [-0.25, -0.2) is 4.39 Å². The molecule has 0 aromatic heterocycles. The summed E-state index contributed by atoms with van der Waals surface area (Å²) in [5.74, 6) is 5.04. The fourth-order valence-electron chi connectivity index (χ4n) is 1.44. The zero-order valence-corrected chi connectivity index (χ0v) is 8.81. The molecular formula is C10H14ClFN2. The van der Waals surface area contributed by atoms with Crippen LogP contribution < -0.4 is 11.3 Å². The molecule has 0 saturated heterocycles. The van der Waals surface area contributed by atoms with Gasteiger partial charge in [-0.15, -0.1) is 0 Å². The van der Waals surface area contributed by atoms with Gasteiger partial charge in [-0.05, 0) is 18.6 Å². The topological polar surface area (TPSA) is 38.0 Å². The molecule has 0 heterocycles. The highest BCUT2D eigenvalue weighted by atomic mass is 35.5. The van der Waals surface area contributed by atoms with Gasteiger partial charge in [-0.2, -0.15) is 0 Å². The van der Waals surface area contributed by atoms with Gasteiger partial charge in [-0.3, -0.25) is 11.3 Å². The molecule has 3 N–H and O–H groups in total. The first-order chi connectivity index (χ1) is 6.70. The summed E-state index contributed by atoms with van der Waals surface area (Å²) in [7, 11) is 0. The van der Waals surface area contributed by atoms with Crippen molar-refractivity contribution in [1.82, 2.24) is 5.43 Å². The highest BCUT2D eigenvalue weighted by Gasteiger charge is 2.16. The normalized spacial score (nSPS) is 12.9. The van der Waals surface area contributed by atoms with Crippen molar-refractivity contribution in [1.29, 1.82) is 0 Å². The molecule has 78 valence electrons. The van der Waals surface area contributed by atoms with Crippen molar-refractivity contribution < 1.29 is 4.39 Å². The SMILES string of the molecule is CCCC(NN)c1c(F)cccc1Cl. The van der Waals surface area contributed by atoms with E-state index in [1.807, 2.05) is 6.92 Å². The first-order valence-electron chi connectivity index (χ1n) is 4.60. The lowest BCUT2D eigenvalue weighted by molar-refractivity contribution is 0.481. The van der Waals surface area contributed by atoms with Gasteiger partial charge in [0.2, 0.25) is 0 Å². The molecule has 0 aliphatic carbocycles. The highest BCUT2D eigenvalue weighted by molar-refractivity contribution is 6.31. The van der Waals surface area contributed by atoms with E-state index in [1.165, 1.54) is 6.07 Å². The Kier molecular flexibility index (Phi) is 4.32. The van der Waals surface area contributed by atoms with E-state index in [9.17, 15) is 4.39 Å². The van der Waals surface area contributed by atoms with E-state index in [0.29, 0.717) is 10.6 Å². The molecular weight excluding hydrogens is 203 g/mol. The number of halogens is 2. The van der Waals surface area contributed by atoms with Gasteiger partial charge in [0, 0.05) is 10.6 Å². The third kappa shape index (κ3) is 2.44. The minimum atomic E-state index is -0.311. The lowest BCUT2D eigenvalue weighted by atomic mass is 10.0. The monoisotopic (exact) mass is 216 g/mol. The van der Waals surface area contributed by atoms with Gasteiger partial charge in [-0.1, -0.05) is 31.0 Å². The van der Waals surface area contributed by atoms with Gasteiger partial charge in [0.1, 0.15) is 5.82 Å². The van der Waals surface area contributed by atoms with Crippen LogP contribution in [0.1, 0.15) is 31.4 Å². The summed E-state index contributed by atoms with van der Waals surface area (Å²) >= 11 is 5.90. The van der Waals surface area contributed by atoms with Crippen LogP contribution in [0.5, 0.6) is 0 Å². The second kappa shape index (κ2) is 5.29. The Bertz CT molecular complexity index is 284. The van der Waals surface area contributed by atoms with Gasteiger partial charge in [0.25, 0.3) is 0 Å². The number of nitrogens with one attached hydrogen (secondary N) is 1. The van der Waals surface area contributed by atoms with Crippen molar-refractivity contribution in [3.05, 3.63) is 34.6 Å². The molecule has 1 aromatic carbocycles. The molecule has 1 rings (SSSR count). The summed E-state index contributed by atoms with van der Waals surface area (Å²) in [6.45, 7) is 2.01. The minimum Gasteiger partial charge on any atom is -0.271 e. The summed E-state index contributed by atoms with van der Waals surface area (Å²) in [6.07, 6.45) is 1.68. The maximum atomic E-state index is 13.4. The van der Waals surface area contributed by atoms with Crippen LogP contribution in [0.2, 0.25) is 5.02 Å². The molecule has 1 unspecified atom stereocenters. The molecule has 1 atom stereocenters. The molecule has 4 heteroatoms. The number of hydrogen-bond acceptors (Lipinski definition) is 2. The maximum absolute atomic E-state index is 13.4. The van der Waals surface area contributed by atoms with Crippen molar-refractivity contribution in [2.45, 2.75) is 25.8 Å². The Morgan fingerprint density at radius 3 is 2.79 bits per heavy atom. The van der Waals surface area contributed by atoms with E-state index in [-0.39, 0.29) is 11.9 Å². The number of nitrogens with two attached hydrogens (primary N) is 1. The zero-order chi connectivity index (χ0) is 10.6. The second-order valence-corrected chi connectivity index (χ2v) is 3.55. The van der Waals surface area contributed by atoms with E-state index in [0.717, 1.165) is 12.8 Å². The summed E-state index contributed by atoms with van der Waals surface area (Å²) in [6, 6.07) is 4.43. The van der Waals surface area contributed by atoms with E-state index >= 15 is 0 Å². The molecule has 1 aromatic rings. The van der Waals surface area contributed by atoms with Crippen LogP contribution in [0.4, 0.5) is 4.39 Å². The van der Waals surface area contributed by atoms with Crippen molar-refractivity contribution in [3.8, 4) is 0 Å². The maximum Gasteiger partial charge on any atom is 0.129 e. The lowest BCUT2D eigenvalue weighted by Crippen LogP contribution is -2.28. The highest BCUT2D eigenvalue weighted by Crippen LogP contribution is 2.27. The summed E-state index contributed by atoms with van der Waals surface area (Å²) in [5.41, 5.74) is 3.03. The smallest absolute Gasteiger partial charge is 0.129 e. The standard InChI is InChI=1S/C10H14ClFN2/c1-2-4-9(14-13)10-7(11)5-3-6-8(10)12/h3,5-6,9,14H,2,4,13H2,1H3. The zero-order valence-electron chi connectivity index (χ0n) is 8.06. The van der Waals surface area contributed by atoms with Crippen LogP contribution in [0.15, 0.2) is 18.2 Å². The van der Waals surface area contributed by atoms with Crippen molar-refractivity contribution in [2.24, 2.45) is 5.84 Å². The van der Waals surface area contributed by atoms with E-state index < -0.39 is 0 Å².